The summed E-state index contributed by atoms with van der Waals surface area (Å²) >= 11 is 0. The third kappa shape index (κ3) is 11.5. The molecular weight excluding hydrogens is 618 g/mol. The highest BCUT2D eigenvalue weighted by molar-refractivity contribution is 5.93. The van der Waals surface area contributed by atoms with E-state index in [2.05, 4.69) is 0 Å². The molecule has 0 radical (unpaired) electrons. The molecule has 1 saturated carbocycles. The highest BCUT2D eigenvalue weighted by atomic mass is 16.6. The average molecular weight is 680 g/mol. The van der Waals surface area contributed by atoms with Crippen LogP contribution in [-0.2, 0) is 43.0 Å². The summed E-state index contributed by atoms with van der Waals surface area (Å²) in [6, 6.07) is -3.18. The number of amides is 3. The second kappa shape index (κ2) is 18.5. The van der Waals surface area contributed by atoms with Crippen molar-refractivity contribution in [3.63, 3.8) is 0 Å². The minimum atomic E-state index is -1.28. The lowest BCUT2D eigenvalue weighted by Gasteiger charge is -2.36. The molecule has 1 aliphatic carbocycles. The van der Waals surface area contributed by atoms with Crippen LogP contribution in [0, 0.1) is 23.7 Å². The molecule has 1 saturated heterocycles. The summed E-state index contributed by atoms with van der Waals surface area (Å²) in [6.07, 6.45) is 2.18. The lowest BCUT2D eigenvalue weighted by atomic mass is 9.85. The van der Waals surface area contributed by atoms with Crippen LogP contribution in [0.5, 0.6) is 0 Å². The molecule has 2 rings (SSSR count). The van der Waals surface area contributed by atoms with E-state index in [4.69, 9.17) is 14.2 Å². The van der Waals surface area contributed by atoms with E-state index in [0.29, 0.717) is 0 Å². The molecule has 274 valence electrons. The molecule has 3 amide bonds. The number of hydrogen-bond donors (Lipinski definition) is 0. The van der Waals surface area contributed by atoms with Crippen molar-refractivity contribution in [3.05, 3.63) is 0 Å². The Bertz CT molecular complexity index is 1130. The minimum Gasteiger partial charge on any atom is -0.451 e. The Kier molecular flexibility index (Phi) is 15.8. The fraction of sp³-hybridized carbons (Fsp3) is 0.833. The fourth-order valence-electron chi connectivity index (χ4n) is 6.59. The number of likely N-dealkylation sites (N-methyl/N-ethyl adjacent to an activating group) is 3. The van der Waals surface area contributed by atoms with Crippen molar-refractivity contribution in [2.24, 2.45) is 23.7 Å². The molecule has 0 bridgehead atoms. The van der Waals surface area contributed by atoms with Gasteiger partial charge in [-0.3, -0.25) is 14.4 Å². The summed E-state index contributed by atoms with van der Waals surface area (Å²) in [4.78, 5) is 86.4. The normalized spacial score (nSPS) is 28.5. The summed E-state index contributed by atoms with van der Waals surface area (Å²) in [5.41, 5.74) is 0. The quantitative estimate of drug-likeness (QED) is 0.270. The van der Waals surface area contributed by atoms with Crippen LogP contribution in [0.25, 0.3) is 0 Å². The smallest absolute Gasteiger partial charge is 0.329 e. The van der Waals surface area contributed by atoms with Gasteiger partial charge in [-0.2, -0.15) is 0 Å². The van der Waals surface area contributed by atoms with E-state index in [9.17, 15) is 28.8 Å². The first-order valence-corrected chi connectivity index (χ1v) is 17.8. The van der Waals surface area contributed by atoms with E-state index in [0.717, 1.165) is 32.1 Å². The zero-order chi connectivity index (χ0) is 36.5. The van der Waals surface area contributed by atoms with Crippen LogP contribution in [-0.4, -0.2) is 108 Å². The van der Waals surface area contributed by atoms with Gasteiger partial charge in [-0.1, -0.05) is 73.6 Å². The summed E-state index contributed by atoms with van der Waals surface area (Å²) < 4.78 is 17.3. The number of ether oxygens (including phenoxy) is 3. The number of nitrogens with zero attached hydrogens (tertiary/aromatic N) is 3. The molecule has 0 unspecified atom stereocenters. The molecular formula is C36H61N3O9. The molecule has 0 aromatic carbocycles. The van der Waals surface area contributed by atoms with Gasteiger partial charge in [0.15, 0.2) is 18.3 Å². The maximum Gasteiger partial charge on any atom is 0.329 e. The van der Waals surface area contributed by atoms with Gasteiger partial charge in [0.2, 0.25) is 0 Å². The van der Waals surface area contributed by atoms with Gasteiger partial charge in [-0.25, -0.2) is 14.4 Å². The molecule has 0 aromatic rings. The topological polar surface area (TPSA) is 140 Å². The van der Waals surface area contributed by atoms with Gasteiger partial charge in [-0.15, -0.1) is 0 Å². The minimum absolute atomic E-state index is 0.0223. The standard InChI is InChI=1S/C36H61N3O9/c1-21(2)17-27-34(43)46-25(8)32(41)38(10)29(19-23(5)6)36(45)48-30(20-26-15-13-12-14-16-26)33(42)39(11)28(18-22(3)4)35(44)47-24(7)31(40)37(27)9/h21-30H,12-20H2,1-11H3/t24-,25-,27+,28+,29+,30-/m1/s1. The van der Waals surface area contributed by atoms with Crippen LogP contribution in [0.4, 0.5) is 0 Å². The van der Waals surface area contributed by atoms with Gasteiger partial charge in [0.25, 0.3) is 17.7 Å². The van der Waals surface area contributed by atoms with Crippen LogP contribution in [0.2, 0.25) is 0 Å². The van der Waals surface area contributed by atoms with Crippen molar-refractivity contribution < 1.29 is 43.0 Å². The zero-order valence-corrected chi connectivity index (χ0v) is 31.2. The van der Waals surface area contributed by atoms with Gasteiger partial charge in [-0.05, 0) is 63.2 Å². The highest BCUT2D eigenvalue weighted by Crippen LogP contribution is 2.30. The van der Waals surface area contributed by atoms with Crippen molar-refractivity contribution in [2.45, 2.75) is 150 Å². The molecule has 2 fully saturated rings. The van der Waals surface area contributed by atoms with Crippen molar-refractivity contribution >= 4 is 35.6 Å². The van der Waals surface area contributed by atoms with Gasteiger partial charge < -0.3 is 28.9 Å². The summed E-state index contributed by atoms with van der Waals surface area (Å²) in [7, 11) is 4.39. The third-order valence-corrected chi connectivity index (χ3v) is 9.43. The van der Waals surface area contributed by atoms with E-state index in [1.165, 1.54) is 49.7 Å². The van der Waals surface area contributed by atoms with Gasteiger partial charge in [0.1, 0.15) is 18.1 Å². The molecule has 12 nitrogen and oxygen atoms in total. The fourth-order valence-corrected chi connectivity index (χ4v) is 6.59. The van der Waals surface area contributed by atoms with E-state index in [1.54, 1.807) is 0 Å². The SMILES string of the molecule is CC(C)C[C@H]1C(=O)O[C@H](CC2CCCCC2)C(=O)N(C)[C@@H](CC(C)C)C(=O)O[C@H](C)C(=O)N(C)[C@@H](CC(C)C)C(=O)O[C@H](C)C(=O)N1C. The first-order valence-electron chi connectivity index (χ1n) is 17.8. The van der Waals surface area contributed by atoms with Crippen LogP contribution in [0.1, 0.15) is 113 Å². The van der Waals surface area contributed by atoms with E-state index in [-0.39, 0.29) is 49.4 Å². The second-order valence-electron chi connectivity index (χ2n) is 15.1. The van der Waals surface area contributed by atoms with Crippen molar-refractivity contribution in [1.82, 2.24) is 14.7 Å². The molecule has 1 aliphatic heterocycles. The summed E-state index contributed by atoms with van der Waals surface area (Å²) in [5, 5.41) is 0. The number of rotatable bonds is 8. The number of carbonyl (C=O) groups is 6. The molecule has 0 spiro atoms. The number of hydrogen-bond acceptors (Lipinski definition) is 9. The molecule has 48 heavy (non-hydrogen) atoms. The van der Waals surface area contributed by atoms with Crippen molar-refractivity contribution in [3.8, 4) is 0 Å². The number of cyclic esters (lactones) is 3. The van der Waals surface area contributed by atoms with Crippen LogP contribution < -0.4 is 0 Å². The molecule has 0 aromatic heterocycles. The van der Waals surface area contributed by atoms with Gasteiger partial charge >= 0.3 is 17.9 Å². The Morgan fingerprint density at radius 1 is 0.542 bits per heavy atom. The van der Waals surface area contributed by atoms with Crippen LogP contribution >= 0.6 is 0 Å². The Balaban J connectivity index is 2.65. The Morgan fingerprint density at radius 2 is 0.875 bits per heavy atom. The predicted octanol–water partition coefficient (Wildman–Crippen LogP) is 4.36. The van der Waals surface area contributed by atoms with E-state index < -0.39 is 72.1 Å². The highest BCUT2D eigenvalue weighted by Gasteiger charge is 2.41. The largest absolute Gasteiger partial charge is 0.451 e. The monoisotopic (exact) mass is 679 g/mol. The first kappa shape index (κ1) is 41.0. The summed E-state index contributed by atoms with van der Waals surface area (Å²) in [5.74, 6) is -3.98. The molecule has 0 N–H and O–H groups in total. The van der Waals surface area contributed by atoms with E-state index >= 15 is 0 Å². The van der Waals surface area contributed by atoms with Crippen molar-refractivity contribution in [1.29, 1.82) is 0 Å². The van der Waals surface area contributed by atoms with Crippen LogP contribution in [0.3, 0.4) is 0 Å². The lowest BCUT2D eigenvalue weighted by Crippen LogP contribution is -2.54. The molecule has 1 heterocycles. The molecule has 6 atom stereocenters. The Labute approximate surface area is 287 Å². The third-order valence-electron chi connectivity index (χ3n) is 9.43. The molecule has 2 aliphatic rings. The Morgan fingerprint density at radius 3 is 1.23 bits per heavy atom. The van der Waals surface area contributed by atoms with Gasteiger partial charge in [0.05, 0.1) is 0 Å². The zero-order valence-electron chi connectivity index (χ0n) is 31.2. The maximum atomic E-state index is 14.2. The first-order chi connectivity index (χ1) is 22.3. The molecule has 12 heteroatoms. The Hall–Kier alpha value is -3.18. The maximum absolute atomic E-state index is 14.2. The van der Waals surface area contributed by atoms with E-state index in [1.807, 2.05) is 41.5 Å². The van der Waals surface area contributed by atoms with Gasteiger partial charge in [0, 0.05) is 21.1 Å². The number of carbonyl (C=O) groups excluding carboxylic acids is 6. The second-order valence-corrected chi connectivity index (χ2v) is 15.1. The van der Waals surface area contributed by atoms with Crippen LogP contribution in [0.15, 0.2) is 0 Å². The summed E-state index contributed by atoms with van der Waals surface area (Å²) in [6.45, 7) is 14.2. The number of esters is 3. The predicted molar refractivity (Wildman–Crippen MR) is 180 cm³/mol. The average Bonchev–Trinajstić information content (AvgIpc) is 3.02. The lowest BCUT2D eigenvalue weighted by molar-refractivity contribution is -0.176. The van der Waals surface area contributed by atoms with Crippen molar-refractivity contribution in [2.75, 3.05) is 21.1 Å².